The van der Waals surface area contributed by atoms with Crippen LogP contribution in [-0.4, -0.2) is 60.1 Å². The van der Waals surface area contributed by atoms with E-state index >= 15 is 4.39 Å². The average Bonchev–Trinajstić information content (AvgIpc) is 2.97. The van der Waals surface area contributed by atoms with Gasteiger partial charge in [-0.3, -0.25) is 4.72 Å². The Labute approximate surface area is 248 Å². The first-order valence-electron chi connectivity index (χ1n) is 13.9. The normalized spacial score (nSPS) is 17.5. The van der Waals surface area contributed by atoms with Gasteiger partial charge in [0.25, 0.3) is 0 Å². The first-order chi connectivity index (χ1) is 20.4. The molecule has 0 bridgehead atoms. The Balaban J connectivity index is 1.48. The van der Waals surface area contributed by atoms with Crippen LogP contribution in [0.3, 0.4) is 0 Å². The molecule has 0 spiro atoms. The molecule has 2 atom stereocenters. The second-order valence-electron chi connectivity index (χ2n) is 11.1. The van der Waals surface area contributed by atoms with Crippen molar-refractivity contribution in [2.24, 2.45) is 0 Å². The molecular formula is C30H33F3N6O3S. The van der Waals surface area contributed by atoms with Gasteiger partial charge in [-0.2, -0.15) is 0 Å². The molecule has 0 saturated carbocycles. The molecule has 43 heavy (non-hydrogen) atoms. The van der Waals surface area contributed by atoms with Crippen LogP contribution in [0, 0.1) is 12.7 Å². The highest BCUT2D eigenvalue weighted by Gasteiger charge is 2.26. The molecule has 1 aliphatic rings. The van der Waals surface area contributed by atoms with Crippen LogP contribution >= 0.6 is 0 Å². The Morgan fingerprint density at radius 2 is 1.84 bits per heavy atom. The number of ether oxygens (including phenoxy) is 1. The van der Waals surface area contributed by atoms with E-state index in [0.29, 0.717) is 42.1 Å². The topological polar surface area (TPSA) is 118 Å². The van der Waals surface area contributed by atoms with Crippen molar-refractivity contribution in [3.05, 3.63) is 66.2 Å². The van der Waals surface area contributed by atoms with Gasteiger partial charge in [-0.05, 0) is 45.4 Å². The summed E-state index contributed by atoms with van der Waals surface area (Å²) in [5, 5.41) is 6.90. The zero-order chi connectivity index (χ0) is 30.8. The second kappa shape index (κ2) is 12.3. The summed E-state index contributed by atoms with van der Waals surface area (Å²) in [5.74, 6) is -0.735. The molecule has 0 aliphatic carbocycles. The lowest BCUT2D eigenvalue weighted by Crippen LogP contribution is -2.44. The van der Waals surface area contributed by atoms with Crippen LogP contribution in [0.5, 0.6) is 11.6 Å². The highest BCUT2D eigenvalue weighted by molar-refractivity contribution is 7.92. The number of rotatable bonds is 10. The van der Waals surface area contributed by atoms with Crippen molar-refractivity contribution in [1.29, 1.82) is 0 Å². The van der Waals surface area contributed by atoms with E-state index in [1.165, 1.54) is 27.0 Å². The number of anilines is 2. The zero-order valence-corrected chi connectivity index (χ0v) is 24.8. The minimum Gasteiger partial charge on any atom is -0.437 e. The monoisotopic (exact) mass is 614 g/mol. The molecule has 0 radical (unpaired) electrons. The number of benzene rings is 2. The predicted octanol–water partition coefficient (Wildman–Crippen LogP) is 5.92. The highest BCUT2D eigenvalue weighted by atomic mass is 32.2. The number of hydrogen-bond acceptors (Lipinski definition) is 8. The van der Waals surface area contributed by atoms with E-state index in [-0.39, 0.29) is 40.7 Å². The fourth-order valence-corrected chi connectivity index (χ4v) is 6.21. The molecule has 4 aromatic rings. The predicted molar refractivity (Wildman–Crippen MR) is 161 cm³/mol. The number of nitrogens with one attached hydrogen (secondary N) is 3. The Kier molecular flexibility index (Phi) is 8.74. The maximum Gasteiger partial charge on any atom is 0.232 e. The van der Waals surface area contributed by atoms with E-state index in [9.17, 15) is 17.2 Å². The number of sulfonamides is 1. The summed E-state index contributed by atoms with van der Waals surface area (Å²) in [4.78, 5) is 13.2. The SMILES string of the molecule is Cc1c(F)c(NS(=O)(=O)CCC(C)(C)F)c2ccccc2c1Oc1ncccc1-c1ccnc(N[C@@H]2CNC[C@@H](F)C2)n1. The van der Waals surface area contributed by atoms with Crippen LogP contribution in [0.1, 0.15) is 32.3 Å². The van der Waals surface area contributed by atoms with E-state index in [4.69, 9.17) is 4.74 Å². The summed E-state index contributed by atoms with van der Waals surface area (Å²) >= 11 is 0. The second-order valence-corrected chi connectivity index (χ2v) is 13.0. The molecule has 9 nitrogen and oxygen atoms in total. The summed E-state index contributed by atoms with van der Waals surface area (Å²) in [5.41, 5.74) is -0.912. The molecule has 1 aliphatic heterocycles. The summed E-state index contributed by atoms with van der Waals surface area (Å²) < 4.78 is 77.8. The lowest BCUT2D eigenvalue weighted by atomic mass is 10.0. The van der Waals surface area contributed by atoms with Crippen molar-refractivity contribution in [3.8, 4) is 22.9 Å². The number of piperidine rings is 1. The van der Waals surface area contributed by atoms with Crippen molar-refractivity contribution >= 4 is 32.4 Å². The van der Waals surface area contributed by atoms with Gasteiger partial charge in [0.05, 0.1) is 22.7 Å². The Morgan fingerprint density at radius 3 is 2.58 bits per heavy atom. The largest absolute Gasteiger partial charge is 0.437 e. The van der Waals surface area contributed by atoms with Gasteiger partial charge in [-0.1, -0.05) is 24.3 Å². The number of pyridine rings is 1. The third-order valence-electron chi connectivity index (χ3n) is 7.08. The maximum absolute atomic E-state index is 15.9. The summed E-state index contributed by atoms with van der Waals surface area (Å²) in [6.45, 7) is 4.94. The third kappa shape index (κ3) is 7.34. The van der Waals surface area contributed by atoms with Crippen LogP contribution in [-0.2, 0) is 10.0 Å². The number of hydrogen-bond donors (Lipinski definition) is 3. The number of nitrogens with zero attached hydrogens (tertiary/aromatic N) is 3. The minimum atomic E-state index is -4.06. The molecule has 3 N–H and O–H groups in total. The molecule has 13 heteroatoms. The van der Waals surface area contributed by atoms with Gasteiger partial charge < -0.3 is 15.4 Å². The van der Waals surface area contributed by atoms with Gasteiger partial charge in [0.2, 0.25) is 21.9 Å². The lowest BCUT2D eigenvalue weighted by molar-refractivity contribution is 0.211. The molecule has 0 amide bonds. The third-order valence-corrected chi connectivity index (χ3v) is 8.34. The van der Waals surface area contributed by atoms with E-state index in [2.05, 4.69) is 30.3 Å². The first-order valence-corrected chi connectivity index (χ1v) is 15.5. The molecule has 5 rings (SSSR count). The smallest absolute Gasteiger partial charge is 0.232 e. The Hall–Kier alpha value is -3.97. The number of alkyl halides is 2. The maximum atomic E-state index is 15.9. The van der Waals surface area contributed by atoms with E-state index in [0.717, 1.165) is 0 Å². The summed E-state index contributed by atoms with van der Waals surface area (Å²) in [6, 6.07) is 11.6. The van der Waals surface area contributed by atoms with Crippen molar-refractivity contribution in [1.82, 2.24) is 20.3 Å². The molecule has 2 aromatic heterocycles. The number of halogens is 3. The lowest BCUT2D eigenvalue weighted by Gasteiger charge is -2.26. The van der Waals surface area contributed by atoms with Gasteiger partial charge in [-0.25, -0.2) is 36.5 Å². The molecule has 1 fully saturated rings. The molecule has 1 saturated heterocycles. The molecular weight excluding hydrogens is 581 g/mol. The summed E-state index contributed by atoms with van der Waals surface area (Å²) in [7, 11) is -4.06. The summed E-state index contributed by atoms with van der Waals surface area (Å²) in [6.07, 6.45) is 2.21. The van der Waals surface area contributed by atoms with Gasteiger partial charge >= 0.3 is 0 Å². The molecule has 228 valence electrons. The van der Waals surface area contributed by atoms with Crippen LogP contribution in [0.2, 0.25) is 0 Å². The molecule has 3 heterocycles. The van der Waals surface area contributed by atoms with Crippen LogP contribution in [0.25, 0.3) is 22.0 Å². The van der Waals surface area contributed by atoms with Gasteiger partial charge in [0, 0.05) is 54.3 Å². The van der Waals surface area contributed by atoms with Gasteiger partial charge in [-0.15, -0.1) is 0 Å². The highest BCUT2D eigenvalue weighted by Crippen LogP contribution is 2.42. The van der Waals surface area contributed by atoms with Crippen molar-refractivity contribution in [3.63, 3.8) is 0 Å². The van der Waals surface area contributed by atoms with Crippen LogP contribution in [0.15, 0.2) is 54.9 Å². The van der Waals surface area contributed by atoms with E-state index in [1.54, 1.807) is 48.7 Å². The van der Waals surface area contributed by atoms with E-state index < -0.39 is 33.4 Å². The van der Waals surface area contributed by atoms with Crippen LogP contribution in [0.4, 0.5) is 24.8 Å². The van der Waals surface area contributed by atoms with E-state index in [1.807, 2.05) is 0 Å². The van der Waals surface area contributed by atoms with Crippen molar-refractivity contribution in [2.75, 3.05) is 28.9 Å². The standard InChI is InChI=1S/C30H33F3N6O3S/c1-18-25(32)26(39-43(40,41)14-11-30(2,3)33)21-7-4-5-8-22(21)27(18)42-28-23(9-6-12-35-28)24-10-13-36-29(38-24)37-20-15-19(31)16-34-17-20/h4-10,12-13,19-20,34,39H,11,14-17H2,1-3H3,(H,36,37,38)/t19-,20-/m0/s1. The number of aromatic nitrogens is 3. The first kappa shape index (κ1) is 30.5. The van der Waals surface area contributed by atoms with Crippen LogP contribution < -0.4 is 20.1 Å². The van der Waals surface area contributed by atoms with Gasteiger partial charge in [0.15, 0.2) is 5.82 Å². The molecule has 0 unspecified atom stereocenters. The van der Waals surface area contributed by atoms with Crippen molar-refractivity contribution < 1.29 is 26.3 Å². The van der Waals surface area contributed by atoms with Crippen molar-refractivity contribution in [2.45, 2.75) is 51.5 Å². The Bertz CT molecular complexity index is 1730. The Morgan fingerprint density at radius 1 is 1.07 bits per heavy atom. The molecule has 2 aromatic carbocycles. The fraction of sp³-hybridized carbons (Fsp3) is 0.367. The quantitative estimate of drug-likeness (QED) is 0.201. The van der Waals surface area contributed by atoms with Gasteiger partial charge in [0.1, 0.15) is 17.6 Å². The fourth-order valence-electron chi connectivity index (χ4n) is 4.85. The number of fused-ring (bicyclic) bond motifs is 1. The zero-order valence-electron chi connectivity index (χ0n) is 24.0. The minimum absolute atomic E-state index is 0.0504. The average molecular weight is 615 g/mol.